The number of hydrogen-bond donors (Lipinski definition) is 0. The Bertz CT molecular complexity index is 700. The molecule has 2 aromatic carbocycles. The molecule has 118 valence electrons. The molecular weight excluding hydrogens is 292 g/mol. The van der Waals surface area contributed by atoms with Crippen LogP contribution in [0.25, 0.3) is 0 Å². The molecule has 4 nitrogen and oxygen atoms in total. The maximum absolute atomic E-state index is 12.3. The van der Waals surface area contributed by atoms with E-state index < -0.39 is 5.97 Å². The molecule has 0 aliphatic carbocycles. The van der Waals surface area contributed by atoms with E-state index in [1.54, 1.807) is 43.3 Å². The Kier molecular flexibility index (Phi) is 5.69. The smallest absolute Gasteiger partial charge is 0.330 e. The number of carbonyl (C=O) groups excluding carboxylic acids is 2. The zero-order valence-electron chi connectivity index (χ0n) is 13.1. The molecule has 0 aliphatic rings. The summed E-state index contributed by atoms with van der Waals surface area (Å²) in [5, 5.41) is 0. The van der Waals surface area contributed by atoms with Gasteiger partial charge in [-0.05, 0) is 36.8 Å². The van der Waals surface area contributed by atoms with Crippen molar-refractivity contribution in [2.75, 3.05) is 13.7 Å². The number of methoxy groups -OCH3 is 1. The molecule has 2 aromatic rings. The summed E-state index contributed by atoms with van der Waals surface area (Å²) < 4.78 is 10.1. The lowest BCUT2D eigenvalue weighted by atomic mass is 10.0. The van der Waals surface area contributed by atoms with Gasteiger partial charge in [0.05, 0.1) is 7.11 Å². The normalized spacial score (nSPS) is 11.0. The molecule has 0 aliphatic heterocycles. The fraction of sp³-hybridized carbons (Fsp3) is 0.158. The second-order valence-electron chi connectivity index (χ2n) is 5.02. The van der Waals surface area contributed by atoms with Gasteiger partial charge in [0.25, 0.3) is 0 Å². The van der Waals surface area contributed by atoms with Crippen molar-refractivity contribution in [2.24, 2.45) is 0 Å². The van der Waals surface area contributed by atoms with E-state index >= 15 is 0 Å². The predicted molar refractivity (Wildman–Crippen MR) is 87.6 cm³/mol. The molecule has 0 fully saturated rings. The highest BCUT2D eigenvalue weighted by molar-refractivity contribution is 6.08. The van der Waals surface area contributed by atoms with Crippen LogP contribution in [-0.4, -0.2) is 25.5 Å². The second kappa shape index (κ2) is 7.94. The number of hydrogen-bond acceptors (Lipinski definition) is 4. The third-order valence-electron chi connectivity index (χ3n) is 3.18. The molecule has 0 unspecified atom stereocenters. The summed E-state index contributed by atoms with van der Waals surface area (Å²) in [5.74, 6) is 0.195. The van der Waals surface area contributed by atoms with Gasteiger partial charge >= 0.3 is 5.97 Å². The van der Waals surface area contributed by atoms with Gasteiger partial charge in [0.1, 0.15) is 12.4 Å². The summed E-state index contributed by atoms with van der Waals surface area (Å²) in [4.78, 5) is 23.4. The standard InChI is InChI=1S/C19H18O4/c1-14(12-18(20)22-2)13-23-17-10-8-16(9-11-17)19(21)15-6-4-3-5-7-15/h3-12H,13H2,1-2H3/b14-12+. The molecular formula is C19H18O4. The highest BCUT2D eigenvalue weighted by Gasteiger charge is 2.08. The molecule has 0 aromatic heterocycles. The van der Waals surface area contributed by atoms with Gasteiger partial charge in [0.15, 0.2) is 5.78 Å². The summed E-state index contributed by atoms with van der Waals surface area (Å²) in [7, 11) is 1.33. The summed E-state index contributed by atoms with van der Waals surface area (Å²) in [5.41, 5.74) is 2.00. The van der Waals surface area contributed by atoms with Gasteiger partial charge in [-0.3, -0.25) is 4.79 Å². The van der Waals surface area contributed by atoms with Crippen LogP contribution in [0.3, 0.4) is 0 Å². The fourth-order valence-corrected chi connectivity index (χ4v) is 1.96. The zero-order chi connectivity index (χ0) is 16.7. The van der Waals surface area contributed by atoms with Crippen LogP contribution >= 0.6 is 0 Å². The molecule has 0 heterocycles. The topological polar surface area (TPSA) is 52.6 Å². The third-order valence-corrected chi connectivity index (χ3v) is 3.18. The molecule has 23 heavy (non-hydrogen) atoms. The van der Waals surface area contributed by atoms with Crippen molar-refractivity contribution in [3.8, 4) is 5.75 Å². The predicted octanol–water partition coefficient (Wildman–Crippen LogP) is 3.42. The Morgan fingerprint density at radius 2 is 1.57 bits per heavy atom. The number of rotatable bonds is 6. The highest BCUT2D eigenvalue weighted by Crippen LogP contribution is 2.16. The second-order valence-corrected chi connectivity index (χ2v) is 5.02. The quantitative estimate of drug-likeness (QED) is 0.466. The van der Waals surface area contributed by atoms with Crippen molar-refractivity contribution >= 4 is 11.8 Å². The van der Waals surface area contributed by atoms with Crippen molar-refractivity contribution in [1.82, 2.24) is 0 Å². The molecule has 0 N–H and O–H groups in total. The third kappa shape index (κ3) is 4.81. The maximum atomic E-state index is 12.3. The Morgan fingerprint density at radius 3 is 2.17 bits per heavy atom. The molecule has 0 radical (unpaired) electrons. The summed E-state index contributed by atoms with van der Waals surface area (Å²) in [6.45, 7) is 2.06. The van der Waals surface area contributed by atoms with Crippen LogP contribution in [0.5, 0.6) is 5.75 Å². The maximum Gasteiger partial charge on any atom is 0.330 e. The summed E-state index contributed by atoms with van der Waals surface area (Å²) >= 11 is 0. The number of carbonyl (C=O) groups is 2. The first-order chi connectivity index (χ1) is 11.1. The zero-order valence-corrected chi connectivity index (χ0v) is 13.1. The molecule has 2 rings (SSSR count). The van der Waals surface area contributed by atoms with Gasteiger partial charge in [-0.2, -0.15) is 0 Å². The first-order valence-electron chi connectivity index (χ1n) is 7.18. The molecule has 0 saturated carbocycles. The lowest BCUT2D eigenvalue weighted by molar-refractivity contribution is -0.134. The van der Waals surface area contributed by atoms with E-state index in [0.29, 0.717) is 16.9 Å². The van der Waals surface area contributed by atoms with Crippen LogP contribution in [0.15, 0.2) is 66.2 Å². The molecule has 0 spiro atoms. The average molecular weight is 310 g/mol. The largest absolute Gasteiger partial charge is 0.489 e. The van der Waals surface area contributed by atoms with E-state index in [2.05, 4.69) is 4.74 Å². The first-order valence-corrected chi connectivity index (χ1v) is 7.18. The van der Waals surface area contributed by atoms with E-state index in [1.807, 2.05) is 18.2 Å². The van der Waals surface area contributed by atoms with E-state index in [4.69, 9.17) is 4.74 Å². The summed E-state index contributed by atoms with van der Waals surface area (Å²) in [6.07, 6.45) is 1.38. The van der Waals surface area contributed by atoms with Gasteiger partial charge in [0.2, 0.25) is 0 Å². The van der Waals surface area contributed by atoms with E-state index in [1.165, 1.54) is 13.2 Å². The number of benzene rings is 2. The van der Waals surface area contributed by atoms with Gasteiger partial charge < -0.3 is 9.47 Å². The van der Waals surface area contributed by atoms with Crippen LogP contribution in [0.4, 0.5) is 0 Å². The number of esters is 1. The minimum atomic E-state index is -0.407. The van der Waals surface area contributed by atoms with Crippen molar-refractivity contribution in [3.05, 3.63) is 77.4 Å². The van der Waals surface area contributed by atoms with Crippen LogP contribution in [0, 0.1) is 0 Å². The van der Waals surface area contributed by atoms with Crippen LogP contribution in [-0.2, 0) is 9.53 Å². The minimum absolute atomic E-state index is 0.0288. The Balaban J connectivity index is 1.99. The Labute approximate surface area is 135 Å². The van der Waals surface area contributed by atoms with Crippen molar-refractivity contribution in [1.29, 1.82) is 0 Å². The van der Waals surface area contributed by atoms with E-state index in [-0.39, 0.29) is 12.4 Å². The lowest BCUT2D eigenvalue weighted by Crippen LogP contribution is -2.04. The average Bonchev–Trinajstić information content (AvgIpc) is 2.60. The van der Waals surface area contributed by atoms with Gasteiger partial charge in [0, 0.05) is 17.2 Å². The van der Waals surface area contributed by atoms with E-state index in [0.717, 1.165) is 5.57 Å². The lowest BCUT2D eigenvalue weighted by Gasteiger charge is -2.07. The monoisotopic (exact) mass is 310 g/mol. The van der Waals surface area contributed by atoms with Crippen molar-refractivity contribution in [2.45, 2.75) is 6.92 Å². The highest BCUT2D eigenvalue weighted by atomic mass is 16.5. The summed E-state index contributed by atoms with van der Waals surface area (Å²) in [6, 6.07) is 16.0. The molecule has 0 saturated heterocycles. The number of ketones is 1. The van der Waals surface area contributed by atoms with E-state index in [9.17, 15) is 9.59 Å². The molecule has 4 heteroatoms. The Morgan fingerprint density at radius 1 is 0.957 bits per heavy atom. The van der Waals surface area contributed by atoms with Gasteiger partial charge in [-0.15, -0.1) is 0 Å². The SMILES string of the molecule is COC(=O)/C=C(\C)COc1ccc(C(=O)c2ccccc2)cc1. The molecule has 0 bridgehead atoms. The minimum Gasteiger partial charge on any atom is -0.489 e. The van der Waals surface area contributed by atoms with Gasteiger partial charge in [-0.25, -0.2) is 4.79 Å². The van der Waals surface area contributed by atoms with Crippen LogP contribution < -0.4 is 4.74 Å². The fourth-order valence-electron chi connectivity index (χ4n) is 1.96. The van der Waals surface area contributed by atoms with Crippen LogP contribution in [0.1, 0.15) is 22.8 Å². The molecule has 0 atom stereocenters. The number of ether oxygens (including phenoxy) is 2. The Hall–Kier alpha value is -2.88. The van der Waals surface area contributed by atoms with Crippen LogP contribution in [0.2, 0.25) is 0 Å². The van der Waals surface area contributed by atoms with Gasteiger partial charge in [-0.1, -0.05) is 30.3 Å². The van der Waals surface area contributed by atoms with Crippen molar-refractivity contribution < 1.29 is 19.1 Å². The molecule has 0 amide bonds. The van der Waals surface area contributed by atoms with Crippen molar-refractivity contribution in [3.63, 3.8) is 0 Å². The first kappa shape index (κ1) is 16.5.